The van der Waals surface area contributed by atoms with E-state index < -0.39 is 0 Å². The molecule has 0 aliphatic carbocycles. The summed E-state index contributed by atoms with van der Waals surface area (Å²) in [5.74, 6) is 2.13. The largest absolute Gasteiger partial charge is 0.391 e. The normalized spacial score (nSPS) is 15.2. The van der Waals surface area contributed by atoms with Gasteiger partial charge in [0.15, 0.2) is 33.3 Å². The molecule has 49 heavy (non-hydrogen) atoms. The zero-order valence-electron chi connectivity index (χ0n) is 28.2. The molecule has 1 fully saturated rings. The quantitative estimate of drug-likeness (QED) is 0.192. The lowest BCUT2D eigenvalue weighted by atomic mass is 9.96. The molecule has 1 N–H and O–H groups in total. The Morgan fingerprint density at radius 1 is 0.694 bits per heavy atom. The van der Waals surface area contributed by atoms with Gasteiger partial charge in [0.1, 0.15) is 11.6 Å². The molecule has 1 aliphatic rings. The van der Waals surface area contributed by atoms with Gasteiger partial charge in [-0.05, 0) is 29.7 Å². The summed E-state index contributed by atoms with van der Waals surface area (Å²) in [7, 11) is 0. The second-order valence-electron chi connectivity index (χ2n) is 14.1. The third kappa shape index (κ3) is 7.62. The van der Waals surface area contributed by atoms with Gasteiger partial charge in [-0.1, -0.05) is 123 Å². The molecule has 7 rings (SSSR count). The highest BCUT2D eigenvalue weighted by atomic mass is 35.5. The van der Waals surface area contributed by atoms with Crippen LogP contribution in [0.4, 0.5) is 5.82 Å². The van der Waals surface area contributed by atoms with Crippen LogP contribution in [0.25, 0.3) is 22.3 Å². The molecule has 6 aromatic rings. The number of anilines is 1. The number of aliphatic hydroxyl groups is 1. The molecule has 1 atom stereocenters. The molecule has 0 amide bonds. The Labute approximate surface area is 299 Å². The summed E-state index contributed by atoms with van der Waals surface area (Å²) in [4.78, 5) is 20.5. The van der Waals surface area contributed by atoms with Crippen molar-refractivity contribution in [1.82, 2.24) is 49.9 Å². The van der Waals surface area contributed by atoms with Crippen molar-refractivity contribution < 1.29 is 5.11 Å². The molecule has 0 radical (unpaired) electrons. The average Bonchev–Trinajstić information content (AvgIpc) is 3.77. The van der Waals surface area contributed by atoms with Gasteiger partial charge in [0, 0.05) is 34.0 Å². The van der Waals surface area contributed by atoms with Crippen LogP contribution in [0.5, 0.6) is 0 Å². The Bertz CT molecular complexity index is 2120. The van der Waals surface area contributed by atoms with E-state index in [2.05, 4.69) is 56.3 Å². The van der Waals surface area contributed by atoms with Crippen molar-refractivity contribution in [3.8, 4) is 0 Å². The lowest BCUT2D eigenvalue weighted by Gasteiger charge is -2.22. The number of hydrogen-bond acceptors (Lipinski definition) is 10. The highest BCUT2D eigenvalue weighted by Crippen LogP contribution is 2.30. The van der Waals surface area contributed by atoms with Gasteiger partial charge in [-0.15, -0.1) is 10.2 Å². The van der Waals surface area contributed by atoms with Gasteiger partial charge < -0.3 is 10.0 Å². The average molecular weight is 723 g/mol. The summed E-state index contributed by atoms with van der Waals surface area (Å²) < 4.78 is 3.46. The van der Waals surface area contributed by atoms with Crippen LogP contribution in [0.3, 0.4) is 0 Å². The zero-order valence-corrected chi connectivity index (χ0v) is 30.5. The number of fused-ring (bicyclic) bond motifs is 2. The Morgan fingerprint density at radius 2 is 1.18 bits per heavy atom. The molecule has 1 saturated heterocycles. The molecule has 0 unspecified atom stereocenters. The van der Waals surface area contributed by atoms with E-state index in [4.69, 9.17) is 44.8 Å². The van der Waals surface area contributed by atoms with Gasteiger partial charge >= 0.3 is 0 Å². The van der Waals surface area contributed by atoms with Crippen LogP contribution in [0.1, 0.15) is 70.7 Å². The second kappa shape index (κ2) is 13.7. The van der Waals surface area contributed by atoms with Crippen molar-refractivity contribution in [2.75, 3.05) is 18.0 Å². The van der Waals surface area contributed by atoms with Crippen molar-refractivity contribution >= 4 is 62.9 Å². The maximum absolute atomic E-state index is 9.95. The van der Waals surface area contributed by atoms with Crippen LogP contribution < -0.4 is 4.90 Å². The first-order valence-corrected chi connectivity index (χ1v) is 17.1. The van der Waals surface area contributed by atoms with Crippen molar-refractivity contribution in [3.63, 3.8) is 0 Å². The predicted octanol–water partition coefficient (Wildman–Crippen LogP) is 6.67. The molecular weight excluding hydrogens is 685 g/mol. The van der Waals surface area contributed by atoms with E-state index in [1.807, 2.05) is 69.3 Å². The summed E-state index contributed by atoms with van der Waals surface area (Å²) in [5, 5.41) is 28.5. The minimum atomic E-state index is -0.341. The molecule has 12 nitrogen and oxygen atoms in total. The monoisotopic (exact) mass is 721 g/mol. The lowest BCUT2D eigenvalue weighted by molar-refractivity contribution is 0.198. The fraction of sp³-hybridized carbons (Fsp3) is 0.412. The van der Waals surface area contributed by atoms with Gasteiger partial charge in [-0.25, -0.2) is 29.3 Å². The van der Waals surface area contributed by atoms with Crippen molar-refractivity contribution in [1.29, 1.82) is 0 Å². The molecule has 5 heterocycles. The molecule has 2 aromatic carbocycles. The van der Waals surface area contributed by atoms with Crippen LogP contribution >= 0.6 is 34.8 Å². The van der Waals surface area contributed by atoms with E-state index in [0.717, 1.165) is 35.7 Å². The summed E-state index contributed by atoms with van der Waals surface area (Å²) >= 11 is 18.7. The van der Waals surface area contributed by atoms with Crippen LogP contribution in [-0.2, 0) is 23.9 Å². The molecule has 15 heteroatoms. The smallest absolute Gasteiger partial charge is 0.184 e. The van der Waals surface area contributed by atoms with E-state index in [1.54, 1.807) is 9.36 Å². The number of nitrogens with zero attached hydrogens (tertiary/aromatic N) is 11. The van der Waals surface area contributed by atoms with Crippen LogP contribution in [0.15, 0.2) is 48.5 Å². The van der Waals surface area contributed by atoms with E-state index in [0.29, 0.717) is 63.0 Å². The van der Waals surface area contributed by atoms with Crippen molar-refractivity contribution in [3.05, 3.63) is 86.5 Å². The molecule has 256 valence electrons. The first kappa shape index (κ1) is 34.9. The van der Waals surface area contributed by atoms with Gasteiger partial charge in [0.2, 0.25) is 0 Å². The fourth-order valence-corrected chi connectivity index (χ4v) is 5.87. The number of halogens is 3. The first-order chi connectivity index (χ1) is 23.2. The molecule has 0 saturated carbocycles. The van der Waals surface area contributed by atoms with Crippen LogP contribution in [0.2, 0.25) is 15.2 Å². The Kier molecular flexibility index (Phi) is 9.78. The zero-order chi connectivity index (χ0) is 35.1. The summed E-state index contributed by atoms with van der Waals surface area (Å²) in [6.45, 7) is 14.6. The van der Waals surface area contributed by atoms with Gasteiger partial charge in [-0.3, -0.25) is 0 Å². The van der Waals surface area contributed by atoms with Crippen LogP contribution in [0, 0.1) is 0 Å². The van der Waals surface area contributed by atoms with E-state index in [-0.39, 0.29) is 16.9 Å². The Balaban J connectivity index is 0.000000174. The number of benzene rings is 2. The summed E-state index contributed by atoms with van der Waals surface area (Å²) in [6.07, 6.45) is 0.385. The maximum atomic E-state index is 9.95. The minimum Gasteiger partial charge on any atom is -0.391 e. The number of rotatable bonds is 5. The Morgan fingerprint density at radius 3 is 1.67 bits per heavy atom. The summed E-state index contributed by atoms with van der Waals surface area (Å²) in [5.41, 5.74) is 3.93. The fourth-order valence-electron chi connectivity index (χ4n) is 5.28. The number of hydrogen-bond donors (Lipinski definition) is 1. The molecular formula is C34H38Cl3N11O. The first-order valence-electron chi connectivity index (χ1n) is 16.0. The standard InChI is InChI=1S/C19H23ClN6O.C15H15Cl2N5/c1-19(2,3)18-21-16(25-9-8-13(27)11-25)15-17(22-18)26(24-23-15)10-12-6-4-5-7-14(12)20;1-15(2,3)14-18-12(17)11-13(19-14)22(21-20-11)8-9-6-4-5-7-10(9)16/h4-7,13,27H,8-11H2,1-3H3;4-7H,8H2,1-3H3/t13-;/m0./s1. The minimum absolute atomic E-state index is 0.211. The number of aliphatic hydroxyl groups excluding tert-OH is 1. The van der Waals surface area contributed by atoms with Gasteiger partial charge in [-0.2, -0.15) is 0 Å². The number of aromatic nitrogens is 10. The molecule has 1 aliphatic heterocycles. The SMILES string of the molecule is CC(C)(C)c1nc(Cl)c2nnn(Cc3ccccc3Cl)c2n1.CC(C)(C)c1nc(N2CC[C@H](O)C2)c2nnn(Cc3ccccc3Cl)c2n1. The van der Waals surface area contributed by atoms with Crippen molar-refractivity contribution in [2.45, 2.75) is 78.0 Å². The molecule has 0 bridgehead atoms. The van der Waals surface area contributed by atoms with Crippen LogP contribution in [-0.4, -0.2) is 74.2 Å². The maximum Gasteiger partial charge on any atom is 0.184 e. The third-order valence-corrected chi connectivity index (χ3v) is 9.03. The number of β-amino-alcohol motifs (C(OH)–C–C–N with tert-alkyl or cyclic N) is 1. The molecule has 4 aromatic heterocycles. The predicted molar refractivity (Wildman–Crippen MR) is 193 cm³/mol. The van der Waals surface area contributed by atoms with E-state index in [1.165, 1.54) is 0 Å². The van der Waals surface area contributed by atoms with E-state index >= 15 is 0 Å². The van der Waals surface area contributed by atoms with Gasteiger partial charge in [0.25, 0.3) is 0 Å². The summed E-state index contributed by atoms with van der Waals surface area (Å²) in [6, 6.07) is 15.3. The third-order valence-electron chi connectivity index (χ3n) is 8.03. The van der Waals surface area contributed by atoms with E-state index in [9.17, 15) is 5.11 Å². The highest BCUT2D eigenvalue weighted by Gasteiger charge is 2.29. The Hall–Kier alpha value is -3.97. The topological polar surface area (TPSA) is 136 Å². The lowest BCUT2D eigenvalue weighted by Crippen LogP contribution is -2.25. The molecule has 0 spiro atoms. The van der Waals surface area contributed by atoms with Gasteiger partial charge in [0.05, 0.1) is 19.2 Å². The van der Waals surface area contributed by atoms with Crippen molar-refractivity contribution in [2.24, 2.45) is 0 Å². The second-order valence-corrected chi connectivity index (χ2v) is 15.3. The highest BCUT2D eigenvalue weighted by molar-refractivity contribution is 6.33.